The average molecular weight is 167 g/mol. The van der Waals surface area contributed by atoms with Gasteiger partial charge in [-0.05, 0) is 6.92 Å². The van der Waals surface area contributed by atoms with Gasteiger partial charge < -0.3 is 5.11 Å². The maximum absolute atomic E-state index is 9.42. The van der Waals surface area contributed by atoms with E-state index in [1.165, 1.54) is 11.3 Å². The van der Waals surface area contributed by atoms with Crippen LogP contribution < -0.4 is 0 Å². The van der Waals surface area contributed by atoms with Crippen LogP contribution in [0.25, 0.3) is 0 Å². The van der Waals surface area contributed by atoms with Gasteiger partial charge in [0, 0.05) is 6.42 Å². The Morgan fingerprint density at radius 3 is 3.09 bits per heavy atom. The van der Waals surface area contributed by atoms with Crippen molar-refractivity contribution >= 4 is 11.3 Å². The highest BCUT2D eigenvalue weighted by Crippen LogP contribution is 2.23. The van der Waals surface area contributed by atoms with E-state index in [-0.39, 0.29) is 0 Å². The summed E-state index contributed by atoms with van der Waals surface area (Å²) in [5.41, 5.74) is 2.59. The number of aliphatic hydroxyl groups is 1. The van der Waals surface area contributed by atoms with Gasteiger partial charge >= 0.3 is 0 Å². The molecular formula is C8H9NOS. The maximum Gasteiger partial charge on any atom is 0.101 e. The first kappa shape index (κ1) is 8.25. The number of thiazole rings is 1. The summed E-state index contributed by atoms with van der Waals surface area (Å²) in [7, 11) is 0. The summed E-state index contributed by atoms with van der Waals surface area (Å²) in [5.74, 6) is 2.41. The molecule has 0 aliphatic heterocycles. The van der Waals surface area contributed by atoms with Crippen LogP contribution in [0.1, 0.15) is 23.1 Å². The highest BCUT2D eigenvalue weighted by molar-refractivity contribution is 7.09. The second kappa shape index (κ2) is 3.51. The van der Waals surface area contributed by atoms with Gasteiger partial charge in [0.1, 0.15) is 6.10 Å². The van der Waals surface area contributed by atoms with E-state index in [0.717, 1.165) is 10.6 Å². The van der Waals surface area contributed by atoms with Crippen molar-refractivity contribution in [1.29, 1.82) is 0 Å². The molecule has 0 aliphatic rings. The fraction of sp³-hybridized carbons (Fsp3) is 0.375. The van der Waals surface area contributed by atoms with Crippen LogP contribution in [0.2, 0.25) is 0 Å². The van der Waals surface area contributed by atoms with Gasteiger partial charge in [0.2, 0.25) is 0 Å². The lowest BCUT2D eigenvalue weighted by atomic mass is 10.2. The number of hydrogen-bond donors (Lipinski definition) is 1. The van der Waals surface area contributed by atoms with Crippen LogP contribution in [0, 0.1) is 19.3 Å². The highest BCUT2D eigenvalue weighted by atomic mass is 32.1. The quantitative estimate of drug-likeness (QED) is 0.677. The van der Waals surface area contributed by atoms with Crippen LogP contribution in [0.5, 0.6) is 0 Å². The van der Waals surface area contributed by atoms with E-state index in [0.29, 0.717) is 6.42 Å². The number of terminal acetylenes is 1. The van der Waals surface area contributed by atoms with Crippen molar-refractivity contribution in [2.24, 2.45) is 0 Å². The first-order chi connectivity index (χ1) is 5.25. The SMILES string of the molecule is C#CCC(O)c1scnc1C. The van der Waals surface area contributed by atoms with Gasteiger partial charge in [-0.25, -0.2) is 4.98 Å². The van der Waals surface area contributed by atoms with E-state index in [4.69, 9.17) is 6.42 Å². The molecule has 1 N–H and O–H groups in total. The molecule has 1 heterocycles. The molecule has 11 heavy (non-hydrogen) atoms. The molecule has 58 valence electrons. The Morgan fingerprint density at radius 2 is 2.64 bits per heavy atom. The summed E-state index contributed by atoms with van der Waals surface area (Å²) in [4.78, 5) is 4.89. The Balaban J connectivity index is 2.77. The van der Waals surface area contributed by atoms with Crippen molar-refractivity contribution < 1.29 is 5.11 Å². The number of rotatable bonds is 2. The summed E-state index contributed by atoms with van der Waals surface area (Å²) < 4.78 is 0. The molecule has 1 aromatic heterocycles. The van der Waals surface area contributed by atoms with E-state index in [9.17, 15) is 5.11 Å². The lowest BCUT2D eigenvalue weighted by Crippen LogP contribution is -1.94. The van der Waals surface area contributed by atoms with E-state index < -0.39 is 6.10 Å². The lowest BCUT2D eigenvalue weighted by molar-refractivity contribution is 0.187. The molecule has 1 atom stereocenters. The third-order valence-corrected chi connectivity index (χ3v) is 2.43. The fourth-order valence-corrected chi connectivity index (χ4v) is 1.62. The molecule has 0 radical (unpaired) electrons. The van der Waals surface area contributed by atoms with Gasteiger partial charge in [-0.1, -0.05) is 0 Å². The average Bonchev–Trinajstić information content (AvgIpc) is 2.36. The molecular weight excluding hydrogens is 158 g/mol. The Kier molecular flexibility index (Phi) is 2.64. The van der Waals surface area contributed by atoms with Crippen molar-refractivity contribution in [1.82, 2.24) is 4.98 Å². The third-order valence-electron chi connectivity index (χ3n) is 1.40. The molecule has 1 unspecified atom stereocenters. The van der Waals surface area contributed by atoms with Gasteiger partial charge in [0.25, 0.3) is 0 Å². The Bertz CT molecular complexity index is 274. The van der Waals surface area contributed by atoms with Crippen LogP contribution >= 0.6 is 11.3 Å². The maximum atomic E-state index is 9.42. The summed E-state index contributed by atoms with van der Waals surface area (Å²) >= 11 is 1.44. The monoisotopic (exact) mass is 167 g/mol. The van der Waals surface area contributed by atoms with E-state index >= 15 is 0 Å². The van der Waals surface area contributed by atoms with Crippen LogP contribution in [0.15, 0.2) is 5.51 Å². The van der Waals surface area contributed by atoms with Gasteiger partial charge in [0.05, 0.1) is 16.1 Å². The van der Waals surface area contributed by atoms with Crippen molar-refractivity contribution in [2.75, 3.05) is 0 Å². The summed E-state index contributed by atoms with van der Waals surface area (Å²) in [6.45, 7) is 1.87. The van der Waals surface area contributed by atoms with Crippen LogP contribution in [-0.4, -0.2) is 10.1 Å². The molecule has 0 aliphatic carbocycles. The topological polar surface area (TPSA) is 33.1 Å². The molecule has 0 spiro atoms. The Morgan fingerprint density at radius 1 is 1.91 bits per heavy atom. The van der Waals surface area contributed by atoms with E-state index in [1.54, 1.807) is 5.51 Å². The standard InChI is InChI=1S/C8H9NOS/c1-3-4-7(10)8-6(2)9-5-11-8/h1,5,7,10H,4H2,2H3. The fourth-order valence-electron chi connectivity index (χ4n) is 0.835. The molecule has 1 aromatic rings. The molecule has 0 saturated carbocycles. The smallest absolute Gasteiger partial charge is 0.101 e. The van der Waals surface area contributed by atoms with Crippen LogP contribution in [-0.2, 0) is 0 Å². The third kappa shape index (κ3) is 1.79. The number of aliphatic hydroxyl groups excluding tert-OH is 1. The molecule has 1 rings (SSSR count). The summed E-state index contributed by atoms with van der Waals surface area (Å²) in [6, 6.07) is 0. The predicted molar refractivity (Wildman–Crippen MR) is 45.3 cm³/mol. The number of aryl methyl sites for hydroxylation is 1. The van der Waals surface area contributed by atoms with Crippen molar-refractivity contribution in [3.8, 4) is 12.3 Å². The minimum absolute atomic E-state index is 0.364. The van der Waals surface area contributed by atoms with E-state index in [1.807, 2.05) is 6.92 Å². The number of aromatic nitrogens is 1. The second-order valence-electron chi connectivity index (χ2n) is 2.23. The Hall–Kier alpha value is -0.850. The molecule has 0 saturated heterocycles. The minimum Gasteiger partial charge on any atom is -0.387 e. The highest BCUT2D eigenvalue weighted by Gasteiger charge is 2.10. The number of hydrogen-bond acceptors (Lipinski definition) is 3. The predicted octanol–water partition coefficient (Wildman–Crippen LogP) is 1.51. The molecule has 0 aromatic carbocycles. The Labute approximate surface area is 69.9 Å². The lowest BCUT2D eigenvalue weighted by Gasteiger charge is -2.03. The van der Waals surface area contributed by atoms with Gasteiger partial charge in [-0.3, -0.25) is 0 Å². The largest absolute Gasteiger partial charge is 0.387 e. The van der Waals surface area contributed by atoms with Gasteiger partial charge in [-0.2, -0.15) is 0 Å². The molecule has 3 heteroatoms. The zero-order chi connectivity index (χ0) is 8.27. The minimum atomic E-state index is -0.535. The molecule has 0 fully saturated rings. The first-order valence-corrected chi connectivity index (χ1v) is 4.15. The van der Waals surface area contributed by atoms with Gasteiger partial charge in [0.15, 0.2) is 0 Å². The van der Waals surface area contributed by atoms with Crippen molar-refractivity contribution in [2.45, 2.75) is 19.4 Å². The summed E-state index contributed by atoms with van der Waals surface area (Å²) in [6.07, 6.45) is 4.89. The normalized spacial score (nSPS) is 12.5. The zero-order valence-corrected chi connectivity index (χ0v) is 7.06. The van der Waals surface area contributed by atoms with Crippen LogP contribution in [0.3, 0.4) is 0 Å². The molecule has 0 amide bonds. The molecule has 2 nitrogen and oxygen atoms in total. The zero-order valence-electron chi connectivity index (χ0n) is 6.24. The van der Waals surface area contributed by atoms with E-state index in [2.05, 4.69) is 10.9 Å². The molecule has 0 bridgehead atoms. The van der Waals surface area contributed by atoms with Gasteiger partial charge in [-0.15, -0.1) is 23.7 Å². The second-order valence-corrected chi connectivity index (χ2v) is 3.11. The van der Waals surface area contributed by atoms with Crippen LogP contribution in [0.4, 0.5) is 0 Å². The summed E-state index contributed by atoms with van der Waals surface area (Å²) in [5, 5.41) is 9.42. The van der Waals surface area contributed by atoms with Crippen molar-refractivity contribution in [3.05, 3.63) is 16.1 Å². The number of nitrogens with zero attached hydrogens (tertiary/aromatic N) is 1. The first-order valence-electron chi connectivity index (χ1n) is 3.27. The van der Waals surface area contributed by atoms with Crippen molar-refractivity contribution in [3.63, 3.8) is 0 Å².